The molecular formula is C23H24O5. The first kappa shape index (κ1) is 19.5. The van der Waals surface area contributed by atoms with Crippen molar-refractivity contribution in [3.63, 3.8) is 0 Å². The summed E-state index contributed by atoms with van der Waals surface area (Å²) in [5.74, 6) is 2.79. The number of carbonyl (C=O) groups is 1. The summed E-state index contributed by atoms with van der Waals surface area (Å²) in [6.07, 6.45) is 2.35. The molecule has 0 spiro atoms. The van der Waals surface area contributed by atoms with Crippen molar-refractivity contribution in [2.45, 2.75) is 13.3 Å². The normalized spacial score (nSPS) is 15.2. The summed E-state index contributed by atoms with van der Waals surface area (Å²) in [5.41, 5.74) is 4.32. The zero-order valence-corrected chi connectivity index (χ0v) is 16.8. The average Bonchev–Trinajstić information content (AvgIpc) is 2.99. The molecule has 146 valence electrons. The second-order valence-electron chi connectivity index (χ2n) is 6.52. The number of hydrogen-bond donors (Lipinski definition) is 0. The zero-order chi connectivity index (χ0) is 20.3. The Morgan fingerprint density at radius 1 is 0.750 bits per heavy atom. The van der Waals surface area contributed by atoms with Gasteiger partial charge in [-0.3, -0.25) is 4.79 Å². The van der Waals surface area contributed by atoms with Gasteiger partial charge in [0.15, 0.2) is 5.78 Å². The Balaban J connectivity index is 2.06. The molecule has 1 aliphatic carbocycles. The van der Waals surface area contributed by atoms with Crippen molar-refractivity contribution in [1.82, 2.24) is 0 Å². The van der Waals surface area contributed by atoms with Gasteiger partial charge < -0.3 is 18.9 Å². The van der Waals surface area contributed by atoms with Gasteiger partial charge in [0.2, 0.25) is 0 Å². The van der Waals surface area contributed by atoms with Crippen LogP contribution in [0.5, 0.6) is 23.0 Å². The van der Waals surface area contributed by atoms with Crippen LogP contribution < -0.4 is 18.9 Å². The minimum atomic E-state index is 0.0777. The Labute approximate surface area is 165 Å². The summed E-state index contributed by atoms with van der Waals surface area (Å²) in [4.78, 5) is 12.8. The van der Waals surface area contributed by atoms with Crippen LogP contribution in [0, 0.1) is 0 Å². The molecule has 0 radical (unpaired) electrons. The van der Waals surface area contributed by atoms with Gasteiger partial charge in [0.05, 0.1) is 28.4 Å². The highest BCUT2D eigenvalue weighted by molar-refractivity contribution is 6.26. The van der Waals surface area contributed by atoms with Crippen molar-refractivity contribution < 1.29 is 23.7 Å². The van der Waals surface area contributed by atoms with Crippen molar-refractivity contribution in [2.75, 3.05) is 28.4 Å². The third-order valence-corrected chi connectivity index (χ3v) is 4.84. The van der Waals surface area contributed by atoms with Crippen molar-refractivity contribution in [3.05, 3.63) is 58.7 Å². The number of benzene rings is 2. The van der Waals surface area contributed by atoms with Gasteiger partial charge in [-0.25, -0.2) is 0 Å². The highest BCUT2D eigenvalue weighted by Gasteiger charge is 2.26. The van der Waals surface area contributed by atoms with Gasteiger partial charge in [0.25, 0.3) is 0 Å². The molecule has 3 rings (SSSR count). The maximum atomic E-state index is 12.8. The number of carbonyl (C=O) groups excluding carboxylic acids is 1. The van der Waals surface area contributed by atoms with Gasteiger partial charge >= 0.3 is 0 Å². The zero-order valence-electron chi connectivity index (χ0n) is 16.8. The standard InChI is InChI=1S/C23H24O5/c1-14-16(6-15-7-18(25-2)12-19(8-15)26-3)11-22(24)23(14)17-9-20(27-4)13-21(10-17)28-5/h6-10,12-13H,11H2,1-5H3/b16-6+. The van der Waals surface area contributed by atoms with Gasteiger partial charge in [0, 0.05) is 24.1 Å². The smallest absolute Gasteiger partial charge is 0.168 e. The number of allylic oxidation sites excluding steroid dienone is 3. The minimum absolute atomic E-state index is 0.0777. The van der Waals surface area contributed by atoms with Crippen LogP contribution in [-0.4, -0.2) is 34.2 Å². The molecule has 1 aliphatic rings. The van der Waals surface area contributed by atoms with Crippen molar-refractivity contribution in [3.8, 4) is 23.0 Å². The van der Waals surface area contributed by atoms with Gasteiger partial charge in [-0.15, -0.1) is 0 Å². The summed E-state index contributed by atoms with van der Waals surface area (Å²) in [6.45, 7) is 1.97. The van der Waals surface area contributed by atoms with Crippen molar-refractivity contribution in [1.29, 1.82) is 0 Å². The van der Waals surface area contributed by atoms with Crippen LogP contribution in [0.25, 0.3) is 11.6 Å². The molecule has 28 heavy (non-hydrogen) atoms. The molecular weight excluding hydrogens is 356 g/mol. The molecule has 2 aromatic carbocycles. The van der Waals surface area contributed by atoms with Crippen LogP contribution >= 0.6 is 0 Å². The lowest BCUT2D eigenvalue weighted by molar-refractivity contribution is -0.112. The van der Waals surface area contributed by atoms with E-state index in [4.69, 9.17) is 18.9 Å². The Morgan fingerprint density at radius 2 is 1.21 bits per heavy atom. The van der Waals surface area contributed by atoms with E-state index in [-0.39, 0.29) is 5.78 Å². The second-order valence-corrected chi connectivity index (χ2v) is 6.52. The van der Waals surface area contributed by atoms with Gasteiger partial charge in [-0.2, -0.15) is 0 Å². The van der Waals surface area contributed by atoms with Crippen LogP contribution in [-0.2, 0) is 4.79 Å². The number of rotatable bonds is 6. The van der Waals surface area contributed by atoms with Gasteiger partial charge in [0.1, 0.15) is 23.0 Å². The van der Waals surface area contributed by atoms with Crippen molar-refractivity contribution in [2.24, 2.45) is 0 Å². The largest absolute Gasteiger partial charge is 0.497 e. The van der Waals surface area contributed by atoms with Crippen LogP contribution in [0.1, 0.15) is 24.5 Å². The van der Waals surface area contributed by atoms with E-state index in [1.165, 1.54) is 0 Å². The summed E-state index contributed by atoms with van der Waals surface area (Å²) in [7, 11) is 6.42. The van der Waals surface area contributed by atoms with Crippen molar-refractivity contribution >= 4 is 17.4 Å². The highest BCUT2D eigenvalue weighted by Crippen LogP contribution is 2.39. The first-order chi connectivity index (χ1) is 13.5. The summed E-state index contributed by atoms with van der Waals surface area (Å²) < 4.78 is 21.4. The van der Waals surface area contributed by atoms with E-state index in [1.807, 2.05) is 43.3 Å². The SMILES string of the molecule is COc1cc(/C=C2\CC(=O)C(c3cc(OC)cc(OC)c3)=C2C)cc(OC)c1. The molecule has 0 N–H and O–H groups in total. The lowest BCUT2D eigenvalue weighted by atomic mass is 10.0. The molecule has 0 bridgehead atoms. The molecule has 0 aromatic heterocycles. The van der Waals surface area contributed by atoms with Crippen LogP contribution in [0.15, 0.2) is 47.5 Å². The molecule has 0 amide bonds. The van der Waals surface area contributed by atoms with E-state index < -0.39 is 0 Å². The average molecular weight is 380 g/mol. The van der Waals surface area contributed by atoms with Crippen LogP contribution in [0.4, 0.5) is 0 Å². The number of ketones is 1. The van der Waals surface area contributed by atoms with Gasteiger partial charge in [-0.05, 0) is 53.5 Å². The quantitative estimate of drug-likeness (QED) is 0.736. The van der Waals surface area contributed by atoms with E-state index >= 15 is 0 Å². The topological polar surface area (TPSA) is 54.0 Å². The Morgan fingerprint density at radius 3 is 1.68 bits per heavy atom. The lowest BCUT2D eigenvalue weighted by Crippen LogP contribution is -1.97. The minimum Gasteiger partial charge on any atom is -0.497 e. The molecule has 0 saturated carbocycles. The van der Waals surface area contributed by atoms with E-state index in [0.717, 1.165) is 22.3 Å². The number of ether oxygens (including phenoxy) is 4. The molecule has 0 fully saturated rings. The first-order valence-electron chi connectivity index (χ1n) is 8.90. The Hall–Kier alpha value is -3.21. The fraction of sp³-hybridized carbons (Fsp3) is 0.261. The fourth-order valence-corrected chi connectivity index (χ4v) is 3.37. The molecule has 0 unspecified atom stereocenters. The Kier molecular flexibility index (Phi) is 5.73. The Bertz CT molecular complexity index is 924. The number of hydrogen-bond acceptors (Lipinski definition) is 5. The highest BCUT2D eigenvalue weighted by atomic mass is 16.5. The number of Topliss-reactive ketones (excluding diaryl/α,β-unsaturated/α-hetero) is 1. The van der Waals surface area contributed by atoms with Crippen LogP contribution in [0.2, 0.25) is 0 Å². The van der Waals surface area contributed by atoms with Gasteiger partial charge in [-0.1, -0.05) is 6.08 Å². The first-order valence-corrected chi connectivity index (χ1v) is 8.90. The third kappa shape index (κ3) is 3.88. The second kappa shape index (κ2) is 8.21. The van der Waals surface area contributed by atoms with E-state index in [0.29, 0.717) is 35.0 Å². The summed E-state index contributed by atoms with van der Waals surface area (Å²) >= 11 is 0. The van der Waals surface area contributed by atoms with E-state index in [2.05, 4.69) is 0 Å². The predicted molar refractivity (Wildman–Crippen MR) is 109 cm³/mol. The maximum Gasteiger partial charge on any atom is 0.168 e. The number of methoxy groups -OCH3 is 4. The third-order valence-electron chi connectivity index (χ3n) is 4.84. The molecule has 2 aromatic rings. The molecule has 0 saturated heterocycles. The fourth-order valence-electron chi connectivity index (χ4n) is 3.37. The maximum absolute atomic E-state index is 12.8. The summed E-state index contributed by atoms with van der Waals surface area (Å²) in [6, 6.07) is 11.2. The molecule has 5 nitrogen and oxygen atoms in total. The lowest BCUT2D eigenvalue weighted by Gasteiger charge is -2.09. The van der Waals surface area contributed by atoms with E-state index in [1.54, 1.807) is 34.5 Å². The van der Waals surface area contributed by atoms with Crippen LogP contribution in [0.3, 0.4) is 0 Å². The molecule has 0 aliphatic heterocycles. The molecule has 0 atom stereocenters. The monoisotopic (exact) mass is 380 g/mol. The summed E-state index contributed by atoms with van der Waals surface area (Å²) in [5, 5.41) is 0. The predicted octanol–water partition coefficient (Wildman–Crippen LogP) is 4.55. The molecule has 5 heteroatoms. The van der Waals surface area contributed by atoms with E-state index in [9.17, 15) is 4.79 Å². The molecule has 0 heterocycles.